The van der Waals surface area contributed by atoms with E-state index in [-0.39, 0.29) is 0 Å². The van der Waals surface area contributed by atoms with Crippen LogP contribution in [0.25, 0.3) is 22.2 Å². The van der Waals surface area contributed by atoms with E-state index in [0.29, 0.717) is 11.3 Å². The van der Waals surface area contributed by atoms with E-state index in [1.54, 1.807) is 24.4 Å². The molecule has 0 aliphatic carbocycles. The van der Waals surface area contributed by atoms with Gasteiger partial charge in [-0.05, 0) is 12.1 Å². The van der Waals surface area contributed by atoms with Gasteiger partial charge in [0.15, 0.2) is 12.5 Å². The third-order valence-corrected chi connectivity index (χ3v) is 2.56. The predicted octanol–water partition coefficient (Wildman–Crippen LogP) is 2.10. The molecule has 1 aromatic carbocycles. The SMILES string of the molecule is O=Cc1cccc2nccc(-c3conn3)c12. The van der Waals surface area contributed by atoms with Crippen LogP contribution in [0.4, 0.5) is 0 Å². The Morgan fingerprint density at radius 1 is 1.24 bits per heavy atom. The minimum Gasteiger partial charge on any atom is -0.345 e. The second-order valence-electron chi connectivity index (χ2n) is 3.51. The number of aldehydes is 1. The van der Waals surface area contributed by atoms with Crippen LogP contribution in [0.15, 0.2) is 41.2 Å². The second-order valence-corrected chi connectivity index (χ2v) is 3.51. The molecule has 0 bridgehead atoms. The fourth-order valence-corrected chi connectivity index (χ4v) is 1.83. The van der Waals surface area contributed by atoms with Crippen molar-refractivity contribution in [1.29, 1.82) is 0 Å². The largest absolute Gasteiger partial charge is 0.345 e. The van der Waals surface area contributed by atoms with Gasteiger partial charge in [0.1, 0.15) is 5.69 Å². The Morgan fingerprint density at radius 2 is 2.18 bits per heavy atom. The summed E-state index contributed by atoms with van der Waals surface area (Å²) >= 11 is 0. The van der Waals surface area contributed by atoms with E-state index in [9.17, 15) is 4.79 Å². The normalized spacial score (nSPS) is 10.6. The molecule has 0 fully saturated rings. The maximum absolute atomic E-state index is 11.1. The monoisotopic (exact) mass is 225 g/mol. The van der Waals surface area contributed by atoms with Gasteiger partial charge in [-0.2, -0.15) is 0 Å². The molecule has 0 radical (unpaired) electrons. The number of aromatic nitrogens is 3. The average molecular weight is 225 g/mol. The van der Waals surface area contributed by atoms with E-state index >= 15 is 0 Å². The molecule has 5 heteroatoms. The zero-order valence-corrected chi connectivity index (χ0v) is 8.70. The molecular formula is C12H7N3O2. The third kappa shape index (κ3) is 1.48. The molecule has 2 heterocycles. The van der Waals surface area contributed by atoms with Crippen LogP contribution in [0.3, 0.4) is 0 Å². The summed E-state index contributed by atoms with van der Waals surface area (Å²) < 4.78 is 4.72. The highest BCUT2D eigenvalue weighted by Gasteiger charge is 2.10. The van der Waals surface area contributed by atoms with Gasteiger partial charge >= 0.3 is 0 Å². The number of fused-ring (bicyclic) bond motifs is 1. The van der Waals surface area contributed by atoms with Gasteiger partial charge in [-0.1, -0.05) is 12.1 Å². The van der Waals surface area contributed by atoms with E-state index < -0.39 is 0 Å². The van der Waals surface area contributed by atoms with Crippen LogP contribution in [0.2, 0.25) is 0 Å². The standard InChI is InChI=1S/C12H7N3O2/c16-6-8-2-1-3-10-12(8)9(4-5-13-10)11-7-17-15-14-11/h1-7H. The van der Waals surface area contributed by atoms with Crippen molar-refractivity contribution in [3.05, 3.63) is 42.3 Å². The van der Waals surface area contributed by atoms with Gasteiger partial charge in [-0.15, -0.1) is 5.10 Å². The highest BCUT2D eigenvalue weighted by atomic mass is 16.5. The summed E-state index contributed by atoms with van der Waals surface area (Å²) in [5.74, 6) is 0. The molecule has 2 aromatic heterocycles. The van der Waals surface area contributed by atoms with Crippen LogP contribution >= 0.6 is 0 Å². The van der Waals surface area contributed by atoms with Crippen LogP contribution < -0.4 is 0 Å². The van der Waals surface area contributed by atoms with Crippen molar-refractivity contribution in [2.75, 3.05) is 0 Å². The Hall–Kier alpha value is -2.56. The lowest BCUT2D eigenvalue weighted by Gasteiger charge is -2.04. The van der Waals surface area contributed by atoms with Crippen LogP contribution in [0.5, 0.6) is 0 Å². The number of hydrogen-bond acceptors (Lipinski definition) is 5. The van der Waals surface area contributed by atoms with E-state index in [1.165, 1.54) is 6.26 Å². The molecule has 0 amide bonds. The number of hydrogen-bond donors (Lipinski definition) is 0. The second kappa shape index (κ2) is 3.79. The fourth-order valence-electron chi connectivity index (χ4n) is 1.83. The maximum atomic E-state index is 11.1. The van der Waals surface area contributed by atoms with Crippen molar-refractivity contribution in [3.8, 4) is 11.3 Å². The Kier molecular flexibility index (Phi) is 2.15. The Morgan fingerprint density at radius 3 is 2.94 bits per heavy atom. The summed E-state index contributed by atoms with van der Waals surface area (Å²) in [6.07, 6.45) is 3.91. The number of nitrogens with zero attached hydrogens (tertiary/aromatic N) is 3. The molecule has 0 spiro atoms. The lowest BCUT2D eigenvalue weighted by Crippen LogP contribution is -1.90. The Labute approximate surface area is 96.1 Å². The first kappa shape index (κ1) is 9.65. The summed E-state index contributed by atoms with van der Waals surface area (Å²) in [6.45, 7) is 0. The molecule has 82 valence electrons. The Bertz CT molecular complexity index is 672. The maximum Gasteiger partial charge on any atom is 0.152 e. The van der Waals surface area contributed by atoms with Crippen molar-refractivity contribution in [3.63, 3.8) is 0 Å². The molecule has 0 N–H and O–H groups in total. The minimum absolute atomic E-state index is 0.577. The van der Waals surface area contributed by atoms with Crippen LogP contribution in [-0.2, 0) is 0 Å². The molecule has 0 atom stereocenters. The van der Waals surface area contributed by atoms with Gasteiger partial charge in [0.2, 0.25) is 0 Å². The topological polar surface area (TPSA) is 68.9 Å². The third-order valence-electron chi connectivity index (χ3n) is 2.56. The molecule has 5 nitrogen and oxygen atoms in total. The molecule has 0 unspecified atom stereocenters. The smallest absolute Gasteiger partial charge is 0.152 e. The summed E-state index contributed by atoms with van der Waals surface area (Å²) in [4.78, 5) is 15.3. The summed E-state index contributed by atoms with van der Waals surface area (Å²) in [7, 11) is 0. The molecule has 0 saturated carbocycles. The molecule has 0 saturated heterocycles. The van der Waals surface area contributed by atoms with Gasteiger partial charge in [-0.3, -0.25) is 9.78 Å². The van der Waals surface area contributed by atoms with E-state index in [4.69, 9.17) is 4.52 Å². The van der Waals surface area contributed by atoms with E-state index in [1.807, 2.05) is 6.07 Å². The summed E-state index contributed by atoms with van der Waals surface area (Å²) in [5, 5.41) is 8.04. The van der Waals surface area contributed by atoms with Gasteiger partial charge in [0.05, 0.1) is 5.52 Å². The van der Waals surface area contributed by atoms with Crippen molar-refractivity contribution in [2.24, 2.45) is 0 Å². The van der Waals surface area contributed by atoms with E-state index in [2.05, 4.69) is 15.4 Å². The zero-order valence-electron chi connectivity index (χ0n) is 8.70. The molecular weight excluding hydrogens is 218 g/mol. The highest BCUT2D eigenvalue weighted by Crippen LogP contribution is 2.27. The lowest BCUT2D eigenvalue weighted by molar-refractivity contribution is 0.112. The first-order chi connectivity index (χ1) is 8.40. The van der Waals surface area contributed by atoms with Gasteiger partial charge in [0.25, 0.3) is 0 Å². The molecule has 3 aromatic rings. The first-order valence-electron chi connectivity index (χ1n) is 5.00. The van der Waals surface area contributed by atoms with Crippen molar-refractivity contribution in [1.82, 2.24) is 15.4 Å². The Balaban J connectivity index is 2.42. The summed E-state index contributed by atoms with van der Waals surface area (Å²) in [6, 6.07) is 7.17. The van der Waals surface area contributed by atoms with Crippen LogP contribution in [-0.4, -0.2) is 21.6 Å². The number of pyridine rings is 1. The summed E-state index contributed by atoms with van der Waals surface area (Å²) in [5.41, 5.74) is 2.70. The van der Waals surface area contributed by atoms with Crippen molar-refractivity contribution >= 4 is 17.2 Å². The molecule has 17 heavy (non-hydrogen) atoms. The number of rotatable bonds is 2. The number of carbonyl (C=O) groups excluding carboxylic acids is 1. The predicted molar refractivity (Wildman–Crippen MR) is 60.4 cm³/mol. The van der Waals surface area contributed by atoms with Gasteiger partial charge in [-0.25, -0.2) is 0 Å². The zero-order chi connectivity index (χ0) is 11.7. The van der Waals surface area contributed by atoms with E-state index in [0.717, 1.165) is 22.8 Å². The molecule has 0 aliphatic heterocycles. The fraction of sp³-hybridized carbons (Fsp3) is 0. The first-order valence-corrected chi connectivity index (χ1v) is 5.00. The van der Waals surface area contributed by atoms with Gasteiger partial charge < -0.3 is 4.52 Å². The highest BCUT2D eigenvalue weighted by molar-refractivity contribution is 6.04. The van der Waals surface area contributed by atoms with Gasteiger partial charge in [0, 0.05) is 28.0 Å². The van der Waals surface area contributed by atoms with Crippen LogP contribution in [0.1, 0.15) is 10.4 Å². The minimum atomic E-state index is 0.577. The van der Waals surface area contributed by atoms with Crippen molar-refractivity contribution < 1.29 is 9.32 Å². The van der Waals surface area contributed by atoms with Crippen molar-refractivity contribution in [2.45, 2.75) is 0 Å². The molecule has 0 aliphatic rings. The number of carbonyl (C=O) groups is 1. The van der Waals surface area contributed by atoms with Crippen LogP contribution in [0, 0.1) is 0 Å². The molecule has 3 rings (SSSR count). The quantitative estimate of drug-likeness (QED) is 0.624. The number of benzene rings is 1. The average Bonchev–Trinajstić information content (AvgIpc) is 2.91. The lowest BCUT2D eigenvalue weighted by atomic mass is 10.0.